The second-order valence-corrected chi connectivity index (χ2v) is 17.8. The van der Waals surface area contributed by atoms with E-state index in [1.165, 1.54) is 57.2 Å². The van der Waals surface area contributed by atoms with Crippen molar-refractivity contribution < 1.29 is 4.74 Å². The molecule has 0 amide bonds. The van der Waals surface area contributed by atoms with E-state index in [-0.39, 0.29) is 23.0 Å². The maximum absolute atomic E-state index is 6.98. The van der Waals surface area contributed by atoms with Crippen molar-refractivity contribution in [2.75, 3.05) is 9.80 Å². The van der Waals surface area contributed by atoms with E-state index in [4.69, 9.17) is 4.74 Å². The second kappa shape index (κ2) is 11.9. The van der Waals surface area contributed by atoms with E-state index in [2.05, 4.69) is 193 Å². The summed E-state index contributed by atoms with van der Waals surface area (Å²) in [5.74, 6) is 1.83. The predicted octanol–water partition coefficient (Wildman–Crippen LogP) is 11.5. The van der Waals surface area contributed by atoms with Crippen molar-refractivity contribution in [1.82, 2.24) is 0 Å². The number of fused-ring (bicyclic) bond motifs is 5. The lowest BCUT2D eigenvalue weighted by atomic mass is 9.34. The molecule has 2 heterocycles. The van der Waals surface area contributed by atoms with Crippen molar-refractivity contribution in [2.45, 2.75) is 84.5 Å². The van der Waals surface area contributed by atoms with Crippen LogP contribution in [-0.2, 0) is 16.2 Å². The summed E-state index contributed by atoms with van der Waals surface area (Å²) >= 11 is 0. The van der Waals surface area contributed by atoms with Crippen LogP contribution in [-0.4, -0.2) is 6.71 Å². The third-order valence-corrected chi connectivity index (χ3v) is 12.2. The Balaban J connectivity index is 1.31. The number of benzene rings is 6. The molecule has 9 rings (SSSR count). The number of para-hydroxylation sites is 2. The Morgan fingerprint density at radius 1 is 0.604 bits per heavy atom. The van der Waals surface area contributed by atoms with Crippen LogP contribution in [0, 0.1) is 6.92 Å². The Labute approximate surface area is 316 Å². The molecule has 0 atom stereocenters. The van der Waals surface area contributed by atoms with Crippen LogP contribution in [0.1, 0.15) is 83.6 Å². The van der Waals surface area contributed by atoms with Gasteiger partial charge in [-0.25, -0.2) is 0 Å². The van der Waals surface area contributed by atoms with E-state index in [1.54, 1.807) is 0 Å². The Morgan fingerprint density at radius 2 is 1.30 bits per heavy atom. The van der Waals surface area contributed by atoms with Gasteiger partial charge in [0.1, 0.15) is 11.5 Å². The van der Waals surface area contributed by atoms with Gasteiger partial charge < -0.3 is 14.5 Å². The monoisotopic (exact) mass is 692 g/mol. The average molecular weight is 693 g/mol. The first-order valence-electron chi connectivity index (χ1n) is 19.3. The Hall–Kier alpha value is -5.22. The molecule has 0 spiro atoms. The van der Waals surface area contributed by atoms with Gasteiger partial charge in [-0.1, -0.05) is 121 Å². The molecule has 3 nitrogen and oxygen atoms in total. The highest BCUT2D eigenvalue weighted by Crippen LogP contribution is 2.50. The number of nitrogens with zero attached hydrogens (tertiary/aromatic N) is 2. The molecule has 1 aliphatic carbocycles. The molecule has 53 heavy (non-hydrogen) atoms. The minimum atomic E-state index is 0.0518. The zero-order valence-electron chi connectivity index (χ0n) is 32.4. The van der Waals surface area contributed by atoms with Crippen molar-refractivity contribution >= 4 is 57.2 Å². The van der Waals surface area contributed by atoms with Gasteiger partial charge in [0, 0.05) is 34.5 Å². The fourth-order valence-electron chi connectivity index (χ4n) is 9.06. The molecule has 0 N–H and O–H groups in total. The first-order valence-corrected chi connectivity index (χ1v) is 19.3. The summed E-state index contributed by atoms with van der Waals surface area (Å²) in [7, 11) is 0. The van der Waals surface area contributed by atoms with Gasteiger partial charge >= 0.3 is 0 Å². The van der Waals surface area contributed by atoms with Crippen LogP contribution >= 0.6 is 0 Å². The van der Waals surface area contributed by atoms with Crippen LogP contribution in [0.25, 0.3) is 0 Å². The van der Waals surface area contributed by atoms with Crippen molar-refractivity contribution in [2.24, 2.45) is 0 Å². The summed E-state index contributed by atoms with van der Waals surface area (Å²) in [4.78, 5) is 4.90. The summed E-state index contributed by atoms with van der Waals surface area (Å²) in [5, 5.41) is 0. The number of ether oxygens (including phenoxy) is 1. The fourth-order valence-corrected chi connectivity index (χ4v) is 9.06. The van der Waals surface area contributed by atoms with E-state index < -0.39 is 0 Å². The van der Waals surface area contributed by atoms with E-state index in [1.807, 2.05) is 0 Å². The van der Waals surface area contributed by atoms with E-state index >= 15 is 0 Å². The third-order valence-electron chi connectivity index (χ3n) is 12.2. The van der Waals surface area contributed by atoms with Gasteiger partial charge in [-0.05, 0) is 124 Å². The highest BCUT2D eigenvalue weighted by molar-refractivity contribution is 6.99. The van der Waals surface area contributed by atoms with Crippen molar-refractivity contribution in [3.63, 3.8) is 0 Å². The van der Waals surface area contributed by atoms with Gasteiger partial charge in [0.2, 0.25) is 0 Å². The maximum Gasteiger partial charge on any atom is 0.256 e. The van der Waals surface area contributed by atoms with Crippen LogP contribution in [0.5, 0.6) is 11.5 Å². The molecule has 6 aromatic rings. The molecule has 0 radical (unpaired) electrons. The summed E-state index contributed by atoms with van der Waals surface area (Å²) < 4.78 is 6.98. The molecule has 0 saturated carbocycles. The number of aryl methyl sites for hydroxylation is 1. The maximum atomic E-state index is 6.98. The van der Waals surface area contributed by atoms with Crippen LogP contribution in [0.4, 0.5) is 34.1 Å². The zero-order chi connectivity index (χ0) is 36.9. The highest BCUT2D eigenvalue weighted by atomic mass is 16.5. The van der Waals surface area contributed by atoms with E-state index in [9.17, 15) is 0 Å². The molecule has 3 aliphatic rings. The lowest BCUT2D eigenvalue weighted by molar-refractivity contribution is 0.332. The van der Waals surface area contributed by atoms with Gasteiger partial charge in [0.25, 0.3) is 6.71 Å². The minimum Gasteiger partial charge on any atom is -0.458 e. The molecule has 0 saturated heterocycles. The summed E-state index contributed by atoms with van der Waals surface area (Å²) in [6.45, 7) is 18.7. The molecular formula is C49H49BN2O. The summed E-state index contributed by atoms with van der Waals surface area (Å²) in [6, 6.07) is 47.4. The van der Waals surface area contributed by atoms with Crippen molar-refractivity contribution in [1.29, 1.82) is 0 Å². The fraction of sp³-hybridized carbons (Fsp3) is 0.265. The Morgan fingerprint density at radius 3 is 2.04 bits per heavy atom. The van der Waals surface area contributed by atoms with Crippen LogP contribution in [0.3, 0.4) is 0 Å². The van der Waals surface area contributed by atoms with Crippen LogP contribution in [0.15, 0.2) is 127 Å². The molecule has 0 fully saturated rings. The number of hydrogen-bond acceptors (Lipinski definition) is 3. The van der Waals surface area contributed by atoms with Crippen LogP contribution < -0.4 is 30.9 Å². The lowest BCUT2D eigenvalue weighted by Crippen LogP contribution is -2.59. The predicted molar refractivity (Wildman–Crippen MR) is 226 cm³/mol. The van der Waals surface area contributed by atoms with Gasteiger partial charge in [-0.3, -0.25) is 0 Å². The first kappa shape index (κ1) is 33.6. The quantitative estimate of drug-likeness (QED) is 0.171. The SMILES string of the molecule is Cc1ccc2c(c1)B1c3ccccc3Oc3cc(N(c4ccccc4)c4ccc5c(c4)C(C)(C)CCC5(C)C)cc(c31)N2c1ccc(C(C)(C)C)cc1. The number of hydrogen-bond donors (Lipinski definition) is 0. The molecule has 4 heteroatoms. The summed E-state index contributed by atoms with van der Waals surface area (Å²) in [6.07, 6.45) is 2.36. The topological polar surface area (TPSA) is 15.7 Å². The van der Waals surface area contributed by atoms with E-state index in [0.717, 1.165) is 39.9 Å². The largest absolute Gasteiger partial charge is 0.458 e. The molecular weight excluding hydrogens is 643 g/mol. The molecule has 264 valence electrons. The van der Waals surface area contributed by atoms with Gasteiger partial charge in [-0.15, -0.1) is 0 Å². The van der Waals surface area contributed by atoms with Crippen molar-refractivity contribution in [3.05, 3.63) is 150 Å². The molecule has 2 aliphatic heterocycles. The molecule has 6 aromatic carbocycles. The highest BCUT2D eigenvalue weighted by Gasteiger charge is 2.43. The second-order valence-electron chi connectivity index (χ2n) is 17.8. The zero-order valence-corrected chi connectivity index (χ0v) is 32.4. The number of rotatable bonds is 4. The first-order chi connectivity index (χ1) is 25.3. The third kappa shape index (κ3) is 5.49. The normalized spacial score (nSPS) is 16.2. The Kier molecular flexibility index (Phi) is 7.55. The molecule has 0 aromatic heterocycles. The van der Waals surface area contributed by atoms with Gasteiger partial charge in [0.15, 0.2) is 0 Å². The smallest absolute Gasteiger partial charge is 0.256 e. The standard InChI is InChI=1S/C49H49BN2O/c1-32-18-25-42-41(28-32)50-40-16-12-13-17-44(40)53-45-31-37(30-43(46(45)50)52(42)35-21-19-33(20-22-35)47(2,3)4)51(34-14-10-9-11-15-34)36-23-24-38-39(29-36)49(7,8)27-26-48(38,5)6/h9-25,28-31H,26-27H2,1-8H3. The van der Waals surface area contributed by atoms with Gasteiger partial charge in [0.05, 0.1) is 5.69 Å². The summed E-state index contributed by atoms with van der Waals surface area (Å²) in [5.41, 5.74) is 16.4. The molecule has 0 bridgehead atoms. The van der Waals surface area contributed by atoms with E-state index in [0.29, 0.717) is 0 Å². The Bertz CT molecular complexity index is 2390. The minimum absolute atomic E-state index is 0.0518. The molecule has 0 unspecified atom stereocenters. The van der Waals surface area contributed by atoms with Crippen LogP contribution in [0.2, 0.25) is 0 Å². The average Bonchev–Trinajstić information content (AvgIpc) is 3.14. The lowest BCUT2D eigenvalue weighted by Gasteiger charge is -2.43. The van der Waals surface area contributed by atoms with Gasteiger partial charge in [-0.2, -0.15) is 0 Å². The van der Waals surface area contributed by atoms with Crippen molar-refractivity contribution in [3.8, 4) is 11.5 Å². The number of anilines is 6.